The first kappa shape index (κ1) is 33.4. The topological polar surface area (TPSA) is 123 Å². The van der Waals surface area contributed by atoms with Crippen molar-refractivity contribution in [2.75, 3.05) is 26.2 Å². The van der Waals surface area contributed by atoms with Crippen molar-refractivity contribution < 1.29 is 23.0 Å². The van der Waals surface area contributed by atoms with Gasteiger partial charge in [0.1, 0.15) is 29.4 Å². The Morgan fingerprint density at radius 2 is 1.98 bits per heavy atom. The van der Waals surface area contributed by atoms with E-state index in [-0.39, 0.29) is 24.3 Å². The first-order valence-electron chi connectivity index (χ1n) is 15.5. The molecule has 46 heavy (non-hydrogen) atoms. The summed E-state index contributed by atoms with van der Waals surface area (Å²) in [6.07, 6.45) is 4.08. The summed E-state index contributed by atoms with van der Waals surface area (Å²) in [5, 5.41) is 17.5. The molecule has 1 aliphatic heterocycles. The van der Waals surface area contributed by atoms with Gasteiger partial charge < -0.3 is 24.3 Å². The summed E-state index contributed by atoms with van der Waals surface area (Å²) in [7, 11) is -1.29. The second-order valence-electron chi connectivity index (χ2n) is 14.1. The number of fused-ring (bicyclic) bond motifs is 2. The fourth-order valence-electron chi connectivity index (χ4n) is 5.35. The second kappa shape index (κ2) is 13.4. The summed E-state index contributed by atoms with van der Waals surface area (Å²) in [6.45, 7) is 13.3. The minimum atomic E-state index is -2.97. The van der Waals surface area contributed by atoms with Crippen LogP contribution in [0.1, 0.15) is 37.6 Å². The molecule has 0 saturated carbocycles. The lowest BCUT2D eigenvalue weighted by atomic mass is 10.0. The number of hydrogen-bond acceptors (Lipinski definition) is 8. The molecule has 0 unspecified atom stereocenters. The first-order valence-corrected chi connectivity index (χ1v) is 19.3. The molecule has 246 valence electrons. The molecule has 1 fully saturated rings. The Kier molecular flexibility index (Phi) is 9.76. The van der Waals surface area contributed by atoms with E-state index in [1.54, 1.807) is 23.0 Å². The molecule has 1 aromatic carbocycles. The maximum Gasteiger partial charge on any atom is 0.387 e. The van der Waals surface area contributed by atoms with Crippen LogP contribution >= 0.6 is 0 Å². The van der Waals surface area contributed by atoms with Gasteiger partial charge in [-0.3, -0.25) is 9.48 Å². The molecule has 0 bridgehead atoms. The predicted octanol–water partition coefficient (Wildman–Crippen LogP) is 5.74. The number of halogens is 2. The van der Waals surface area contributed by atoms with Crippen molar-refractivity contribution in [2.45, 2.75) is 78.3 Å². The van der Waals surface area contributed by atoms with Crippen molar-refractivity contribution in [2.24, 2.45) is 5.92 Å². The van der Waals surface area contributed by atoms with Crippen LogP contribution in [0, 0.1) is 17.2 Å². The van der Waals surface area contributed by atoms with Gasteiger partial charge in [-0.2, -0.15) is 19.1 Å². The van der Waals surface area contributed by atoms with Crippen LogP contribution in [-0.4, -0.2) is 81.6 Å². The maximum absolute atomic E-state index is 13.4. The van der Waals surface area contributed by atoms with Gasteiger partial charge in [0, 0.05) is 51.4 Å². The van der Waals surface area contributed by atoms with E-state index in [1.165, 1.54) is 12.1 Å². The lowest BCUT2D eigenvalue weighted by Crippen LogP contribution is -2.46. The molecule has 1 aliphatic rings. The molecule has 3 aromatic heterocycles. The lowest BCUT2D eigenvalue weighted by molar-refractivity contribution is -0.0497. The zero-order chi connectivity index (χ0) is 33.2. The summed E-state index contributed by atoms with van der Waals surface area (Å²) in [5.41, 5.74) is 2.32. The van der Waals surface area contributed by atoms with Gasteiger partial charge in [-0.15, -0.1) is 0 Å². The monoisotopic (exact) mass is 652 g/mol. The third-order valence-electron chi connectivity index (χ3n) is 7.70. The molecule has 5 rings (SSSR count). The number of nitrogens with zero attached hydrogens (tertiary/aromatic N) is 7. The van der Waals surface area contributed by atoms with Crippen LogP contribution in [0.15, 0.2) is 30.6 Å². The van der Waals surface area contributed by atoms with Crippen molar-refractivity contribution in [1.82, 2.24) is 34.5 Å². The summed E-state index contributed by atoms with van der Waals surface area (Å²) >= 11 is 0. The molecule has 1 amide bonds. The highest BCUT2D eigenvalue weighted by molar-refractivity contribution is 6.76. The summed E-state index contributed by atoms with van der Waals surface area (Å²) in [4.78, 5) is 25.3. The standard InChI is InChI=1S/C32H42F2N8O3Si/c1-32(2,3)38-30(43)24-19-41(20-44-12-13-46(4,5)6)29-28(24)37-25(16-36-29)27-23-14-22(45-31(33)34)8-9-26(23)42(39-27)11-7-10-40-17-21(15-35)18-40/h8-9,14,16,19,21,31H,7,10-13,17-18,20H2,1-6H3,(H,38,43). The zero-order valence-corrected chi connectivity index (χ0v) is 28.3. The Morgan fingerprint density at radius 1 is 1.22 bits per heavy atom. The predicted molar refractivity (Wildman–Crippen MR) is 174 cm³/mol. The van der Waals surface area contributed by atoms with Gasteiger partial charge in [0.25, 0.3) is 5.91 Å². The number of rotatable bonds is 13. The number of aryl methyl sites for hydroxylation is 1. The quantitative estimate of drug-likeness (QED) is 0.143. The third-order valence-corrected chi connectivity index (χ3v) is 9.40. The van der Waals surface area contributed by atoms with E-state index in [2.05, 4.69) is 35.9 Å². The molecular weight excluding hydrogens is 610 g/mol. The van der Waals surface area contributed by atoms with Crippen LogP contribution in [0.4, 0.5) is 8.78 Å². The number of nitrogens with one attached hydrogen (secondary N) is 1. The van der Waals surface area contributed by atoms with Crippen molar-refractivity contribution in [3.63, 3.8) is 0 Å². The molecule has 11 nitrogen and oxygen atoms in total. The number of aromatic nitrogens is 5. The summed E-state index contributed by atoms with van der Waals surface area (Å²) in [5.74, 6) is -0.203. The minimum absolute atomic E-state index is 0.00678. The lowest BCUT2D eigenvalue weighted by Gasteiger charge is -2.35. The molecule has 14 heteroatoms. The van der Waals surface area contributed by atoms with E-state index in [1.807, 2.05) is 25.5 Å². The maximum atomic E-state index is 13.4. The van der Waals surface area contributed by atoms with E-state index >= 15 is 0 Å². The summed E-state index contributed by atoms with van der Waals surface area (Å²) in [6, 6.07) is 8.03. The summed E-state index contributed by atoms with van der Waals surface area (Å²) < 4.78 is 40.6. The van der Waals surface area contributed by atoms with Crippen LogP contribution in [0.25, 0.3) is 33.5 Å². The van der Waals surface area contributed by atoms with Gasteiger partial charge in [0.05, 0.1) is 29.3 Å². The second-order valence-corrected chi connectivity index (χ2v) is 19.7. The number of ether oxygens (including phenoxy) is 2. The van der Waals surface area contributed by atoms with Gasteiger partial charge >= 0.3 is 6.61 Å². The SMILES string of the molecule is CC(C)(C)NC(=O)c1cn(COCC[Si](C)(C)C)c2ncc(-c3nn(CCCN4CC(C#N)C4)c4ccc(OC(F)F)cc34)nc12. The molecule has 1 N–H and O–H groups in total. The average Bonchev–Trinajstić information content (AvgIpc) is 3.48. The van der Waals surface area contributed by atoms with Gasteiger partial charge in [-0.25, -0.2) is 9.97 Å². The van der Waals surface area contributed by atoms with Crippen LogP contribution in [0.2, 0.25) is 25.7 Å². The molecule has 1 saturated heterocycles. The number of nitriles is 1. The molecular formula is C32H42F2N8O3Si. The first-order chi connectivity index (χ1) is 21.7. The largest absolute Gasteiger partial charge is 0.435 e. The highest BCUT2D eigenvalue weighted by Gasteiger charge is 2.26. The number of carbonyl (C=O) groups is 1. The number of benzene rings is 1. The molecule has 0 spiro atoms. The van der Waals surface area contributed by atoms with Crippen molar-refractivity contribution in [3.8, 4) is 23.2 Å². The van der Waals surface area contributed by atoms with Crippen molar-refractivity contribution >= 4 is 36.0 Å². The Bertz CT molecular complexity index is 1750. The van der Waals surface area contributed by atoms with E-state index in [0.29, 0.717) is 46.7 Å². The molecule has 4 heterocycles. The van der Waals surface area contributed by atoms with Gasteiger partial charge in [-0.1, -0.05) is 19.6 Å². The van der Waals surface area contributed by atoms with Gasteiger partial charge in [0.15, 0.2) is 5.65 Å². The highest BCUT2D eigenvalue weighted by Crippen LogP contribution is 2.32. The third kappa shape index (κ3) is 8.07. The number of amides is 1. The van der Waals surface area contributed by atoms with Crippen LogP contribution in [0.3, 0.4) is 0 Å². The van der Waals surface area contributed by atoms with Crippen LogP contribution < -0.4 is 10.1 Å². The van der Waals surface area contributed by atoms with Crippen molar-refractivity contribution in [3.05, 3.63) is 36.2 Å². The number of carbonyl (C=O) groups excluding carboxylic acids is 1. The number of likely N-dealkylation sites (tertiary alicyclic amines) is 1. The Morgan fingerprint density at radius 3 is 2.65 bits per heavy atom. The normalized spacial score (nSPS) is 14.6. The average molecular weight is 653 g/mol. The minimum Gasteiger partial charge on any atom is -0.435 e. The van der Waals surface area contributed by atoms with Crippen molar-refractivity contribution in [1.29, 1.82) is 5.26 Å². The van der Waals surface area contributed by atoms with Crippen LogP contribution in [-0.2, 0) is 18.0 Å². The molecule has 0 atom stereocenters. The van der Waals surface area contributed by atoms with Crippen LogP contribution in [0.5, 0.6) is 5.75 Å². The van der Waals surface area contributed by atoms with E-state index in [0.717, 1.165) is 37.6 Å². The van der Waals surface area contributed by atoms with Gasteiger partial charge in [0.2, 0.25) is 0 Å². The van der Waals surface area contributed by atoms with E-state index in [4.69, 9.17) is 29.8 Å². The smallest absolute Gasteiger partial charge is 0.387 e. The fourth-order valence-corrected chi connectivity index (χ4v) is 6.11. The Hall–Kier alpha value is -3.93. The van der Waals surface area contributed by atoms with E-state index < -0.39 is 20.2 Å². The molecule has 0 aliphatic carbocycles. The Labute approximate surface area is 268 Å². The Balaban J connectivity index is 1.51. The molecule has 4 aromatic rings. The molecule has 0 radical (unpaired) electrons. The highest BCUT2D eigenvalue weighted by atomic mass is 28.3. The number of alkyl halides is 2. The number of hydrogen-bond donors (Lipinski definition) is 1. The van der Waals surface area contributed by atoms with E-state index in [9.17, 15) is 13.6 Å². The fraction of sp³-hybridized carbons (Fsp3) is 0.531. The zero-order valence-electron chi connectivity index (χ0n) is 27.3. The van der Waals surface area contributed by atoms with Gasteiger partial charge in [-0.05, 0) is 58.0 Å².